The number of nitrogens with zero attached hydrogens (tertiary/aromatic N) is 2. The smallest absolute Gasteiger partial charge is 0.0909 e. The van der Waals surface area contributed by atoms with Crippen molar-refractivity contribution < 1.29 is 0 Å². The van der Waals surface area contributed by atoms with Gasteiger partial charge in [-0.15, -0.1) is 0 Å². The van der Waals surface area contributed by atoms with Gasteiger partial charge in [0.05, 0.1) is 17.1 Å². The minimum atomic E-state index is 0.649. The number of rotatable bonds is 7. The maximum Gasteiger partial charge on any atom is 0.0909 e. The number of aromatic nitrogens is 1. The summed E-state index contributed by atoms with van der Waals surface area (Å²) < 4.78 is 0. The zero-order chi connectivity index (χ0) is 22.8. The maximum absolute atomic E-state index is 6.68. The van der Waals surface area contributed by atoms with Crippen LogP contribution in [0.4, 0.5) is 0 Å². The Morgan fingerprint density at radius 1 is 1.10 bits per heavy atom. The highest BCUT2D eigenvalue weighted by Gasteiger charge is 2.18. The third-order valence-electron chi connectivity index (χ3n) is 4.94. The van der Waals surface area contributed by atoms with E-state index >= 15 is 0 Å². The van der Waals surface area contributed by atoms with E-state index in [0.29, 0.717) is 5.92 Å². The van der Waals surface area contributed by atoms with Gasteiger partial charge in [0, 0.05) is 25.0 Å². The van der Waals surface area contributed by atoms with E-state index in [4.69, 9.17) is 10.7 Å². The van der Waals surface area contributed by atoms with Gasteiger partial charge in [-0.05, 0) is 55.7 Å². The SMILES string of the molecule is CC.Cc1ccc(/C(N)=C(\c2cccc(C)n2)N2C=CC(CNCC(C)C)=CC2)cc1. The van der Waals surface area contributed by atoms with E-state index in [1.807, 2.05) is 39.0 Å². The average Bonchev–Trinajstić information content (AvgIpc) is 2.77. The minimum absolute atomic E-state index is 0.649. The number of hydrogen-bond donors (Lipinski definition) is 2. The van der Waals surface area contributed by atoms with E-state index in [1.165, 1.54) is 11.1 Å². The Hall–Kier alpha value is -2.85. The van der Waals surface area contributed by atoms with Gasteiger partial charge in [-0.25, -0.2) is 0 Å². The standard InChI is InChI=1S/C25H32N4.C2H6/c1-18(2)16-27-17-21-12-14-29(15-13-21)25(23-7-5-6-20(4)28-23)24(26)22-10-8-19(3)9-11-22;1-2/h5-14,18,27H,15-17,26H2,1-4H3;1-2H3/b25-24-;. The molecule has 0 atom stereocenters. The molecule has 31 heavy (non-hydrogen) atoms. The van der Waals surface area contributed by atoms with Gasteiger partial charge in [0.2, 0.25) is 0 Å². The predicted octanol–water partition coefficient (Wildman–Crippen LogP) is 5.51. The van der Waals surface area contributed by atoms with Gasteiger partial charge in [-0.2, -0.15) is 0 Å². The summed E-state index contributed by atoms with van der Waals surface area (Å²) in [5.74, 6) is 0.649. The van der Waals surface area contributed by atoms with Gasteiger partial charge in [-0.3, -0.25) is 4.98 Å². The lowest BCUT2D eigenvalue weighted by molar-refractivity contribution is 0.559. The van der Waals surface area contributed by atoms with Gasteiger partial charge in [-0.1, -0.05) is 69.7 Å². The molecule has 0 spiro atoms. The number of hydrogen-bond acceptors (Lipinski definition) is 4. The van der Waals surface area contributed by atoms with Gasteiger partial charge in [0.25, 0.3) is 0 Å². The Morgan fingerprint density at radius 3 is 2.39 bits per heavy atom. The average molecular weight is 419 g/mol. The molecule has 0 unspecified atom stereocenters. The Kier molecular flexibility index (Phi) is 9.54. The summed E-state index contributed by atoms with van der Waals surface area (Å²) >= 11 is 0. The summed E-state index contributed by atoms with van der Waals surface area (Å²) in [4.78, 5) is 6.94. The summed E-state index contributed by atoms with van der Waals surface area (Å²) in [5.41, 5.74) is 13.8. The second-order valence-corrected chi connectivity index (χ2v) is 8.06. The molecule has 0 radical (unpaired) electrons. The fourth-order valence-corrected chi connectivity index (χ4v) is 3.32. The van der Waals surface area contributed by atoms with E-state index in [1.54, 1.807) is 0 Å². The van der Waals surface area contributed by atoms with Crippen LogP contribution in [0.3, 0.4) is 0 Å². The van der Waals surface area contributed by atoms with Crippen molar-refractivity contribution in [2.24, 2.45) is 11.7 Å². The molecule has 1 aliphatic rings. The van der Waals surface area contributed by atoms with Gasteiger partial charge >= 0.3 is 0 Å². The molecule has 2 heterocycles. The summed E-state index contributed by atoms with van der Waals surface area (Å²) in [6.45, 7) is 15.2. The van der Waals surface area contributed by atoms with Crippen LogP contribution in [0.25, 0.3) is 11.4 Å². The van der Waals surface area contributed by atoms with Gasteiger partial charge in [0.1, 0.15) is 0 Å². The van der Waals surface area contributed by atoms with E-state index in [0.717, 1.165) is 48.0 Å². The number of aryl methyl sites for hydroxylation is 2. The molecule has 0 saturated heterocycles. The zero-order valence-corrected chi connectivity index (χ0v) is 19.9. The van der Waals surface area contributed by atoms with Crippen LogP contribution in [0.2, 0.25) is 0 Å². The first-order chi connectivity index (χ1) is 14.9. The first-order valence-electron chi connectivity index (χ1n) is 11.3. The molecular formula is C27H38N4. The normalized spacial score (nSPS) is 14.0. The van der Waals surface area contributed by atoms with Crippen molar-refractivity contribution in [2.45, 2.75) is 41.5 Å². The topological polar surface area (TPSA) is 54.2 Å². The lowest BCUT2D eigenvalue weighted by Gasteiger charge is -2.27. The van der Waals surface area contributed by atoms with E-state index in [9.17, 15) is 0 Å². The molecule has 2 aromatic rings. The molecule has 3 rings (SSSR count). The van der Waals surface area contributed by atoms with Crippen LogP contribution in [0, 0.1) is 19.8 Å². The molecule has 1 aromatic carbocycles. The molecule has 0 bridgehead atoms. The van der Waals surface area contributed by atoms with Crippen molar-refractivity contribution >= 4 is 11.4 Å². The van der Waals surface area contributed by atoms with Crippen molar-refractivity contribution in [3.05, 3.63) is 88.9 Å². The Balaban J connectivity index is 0.00000166. The van der Waals surface area contributed by atoms with Crippen LogP contribution >= 0.6 is 0 Å². The maximum atomic E-state index is 6.68. The van der Waals surface area contributed by atoms with Crippen molar-refractivity contribution in [3.8, 4) is 0 Å². The van der Waals surface area contributed by atoms with Crippen molar-refractivity contribution in [3.63, 3.8) is 0 Å². The number of nitrogens with one attached hydrogen (secondary N) is 1. The first-order valence-corrected chi connectivity index (χ1v) is 11.3. The van der Waals surface area contributed by atoms with E-state index in [-0.39, 0.29) is 0 Å². The third kappa shape index (κ3) is 7.11. The Bertz CT molecular complexity index is 921. The van der Waals surface area contributed by atoms with Crippen LogP contribution in [0.5, 0.6) is 0 Å². The molecule has 4 heteroatoms. The summed E-state index contributed by atoms with van der Waals surface area (Å²) in [6, 6.07) is 14.4. The lowest BCUT2D eigenvalue weighted by Crippen LogP contribution is -2.26. The second-order valence-electron chi connectivity index (χ2n) is 8.06. The quantitative estimate of drug-likeness (QED) is 0.622. The van der Waals surface area contributed by atoms with Crippen molar-refractivity contribution in [2.75, 3.05) is 19.6 Å². The van der Waals surface area contributed by atoms with Crippen molar-refractivity contribution in [1.29, 1.82) is 0 Å². The highest BCUT2D eigenvalue weighted by molar-refractivity contribution is 5.87. The Labute approximate surface area is 188 Å². The molecule has 0 amide bonds. The molecule has 0 aliphatic carbocycles. The highest BCUT2D eigenvalue weighted by Crippen LogP contribution is 2.27. The number of pyridine rings is 1. The van der Waals surface area contributed by atoms with Crippen LogP contribution in [0.1, 0.15) is 50.2 Å². The lowest BCUT2D eigenvalue weighted by atomic mass is 10.0. The fourth-order valence-electron chi connectivity index (χ4n) is 3.32. The Morgan fingerprint density at radius 2 is 1.81 bits per heavy atom. The molecule has 0 saturated carbocycles. The predicted molar refractivity (Wildman–Crippen MR) is 134 cm³/mol. The number of nitrogens with two attached hydrogens (primary N) is 1. The third-order valence-corrected chi connectivity index (χ3v) is 4.94. The molecule has 166 valence electrons. The molecule has 1 aliphatic heterocycles. The van der Waals surface area contributed by atoms with Crippen LogP contribution in [0.15, 0.2) is 66.4 Å². The van der Waals surface area contributed by atoms with Crippen LogP contribution < -0.4 is 11.1 Å². The van der Waals surface area contributed by atoms with Gasteiger partial charge in [0.15, 0.2) is 0 Å². The van der Waals surface area contributed by atoms with Crippen LogP contribution in [-0.4, -0.2) is 29.5 Å². The zero-order valence-electron chi connectivity index (χ0n) is 19.9. The monoisotopic (exact) mass is 418 g/mol. The summed E-state index contributed by atoms with van der Waals surface area (Å²) in [5, 5.41) is 3.50. The minimum Gasteiger partial charge on any atom is -0.396 e. The molecule has 3 N–H and O–H groups in total. The molecule has 1 aromatic heterocycles. The second kappa shape index (κ2) is 12.1. The number of benzene rings is 1. The molecule has 4 nitrogen and oxygen atoms in total. The first kappa shape index (κ1) is 24.4. The van der Waals surface area contributed by atoms with E-state index < -0.39 is 0 Å². The van der Waals surface area contributed by atoms with Crippen molar-refractivity contribution in [1.82, 2.24) is 15.2 Å². The van der Waals surface area contributed by atoms with Crippen LogP contribution in [-0.2, 0) is 0 Å². The fraction of sp³-hybridized carbons (Fsp3) is 0.370. The van der Waals surface area contributed by atoms with E-state index in [2.05, 4.69) is 73.6 Å². The van der Waals surface area contributed by atoms with Gasteiger partial charge < -0.3 is 16.0 Å². The molecular weight excluding hydrogens is 380 g/mol. The summed E-state index contributed by atoms with van der Waals surface area (Å²) in [7, 11) is 0. The molecule has 0 fully saturated rings. The highest BCUT2D eigenvalue weighted by atomic mass is 15.1. The summed E-state index contributed by atoms with van der Waals surface area (Å²) in [6.07, 6.45) is 6.54. The largest absolute Gasteiger partial charge is 0.396 e.